The van der Waals surface area contributed by atoms with Crippen LogP contribution in [0.15, 0.2) is 30.3 Å². The van der Waals surface area contributed by atoms with Crippen LogP contribution in [-0.2, 0) is 19.4 Å². The average Bonchev–Trinajstić information content (AvgIpc) is 2.92. The van der Waals surface area contributed by atoms with Gasteiger partial charge in [-0.15, -0.1) is 0 Å². The second kappa shape index (κ2) is 10.3. The van der Waals surface area contributed by atoms with E-state index in [-0.39, 0.29) is 17.5 Å². The Morgan fingerprint density at radius 2 is 1.93 bits per heavy atom. The average molecular weight is 432 g/mol. The molecule has 3 N–H and O–H groups in total. The summed E-state index contributed by atoms with van der Waals surface area (Å²) in [5.74, 6) is -0.413. The van der Waals surface area contributed by atoms with Crippen LogP contribution in [-0.4, -0.2) is 25.0 Å². The molecule has 1 aliphatic rings. The summed E-state index contributed by atoms with van der Waals surface area (Å²) in [6.07, 6.45) is 2.72. The van der Waals surface area contributed by atoms with Gasteiger partial charge in [-0.05, 0) is 80.1 Å². The summed E-state index contributed by atoms with van der Waals surface area (Å²) < 4.78 is 14.6. The molecule has 3 rings (SSSR count). The third-order valence-electron chi connectivity index (χ3n) is 5.43. The van der Waals surface area contributed by atoms with E-state index in [1.807, 2.05) is 13.0 Å². The molecule has 0 unspecified atom stereocenters. The molecule has 0 spiro atoms. The first-order valence-corrected chi connectivity index (χ1v) is 11.1. The first-order valence-electron chi connectivity index (χ1n) is 10.7. The second-order valence-electron chi connectivity index (χ2n) is 8.48. The highest BCUT2D eigenvalue weighted by Gasteiger charge is 2.17. The molecule has 162 valence electrons. The summed E-state index contributed by atoms with van der Waals surface area (Å²) in [5.41, 5.74) is 4.28. The van der Waals surface area contributed by atoms with Crippen molar-refractivity contribution in [1.29, 1.82) is 0 Å². The largest absolute Gasteiger partial charge is 0.380 e. The summed E-state index contributed by atoms with van der Waals surface area (Å²) in [4.78, 5) is 12.4. The van der Waals surface area contributed by atoms with Crippen molar-refractivity contribution in [2.24, 2.45) is 5.92 Å². The Balaban J connectivity index is 1.69. The standard InChI is InChI=1S/C24H31ClFN3O/c1-15(2)12-16(3)29-24(30)20-6-4-17(13-22(20)26)14-28-23-19-9-11-27-10-8-18(19)5-7-21(23)25/h4-7,13,15-16,27-28H,8-12,14H2,1-3H3,(H,29,30)/t16-/m1/s1. The minimum atomic E-state index is -0.509. The van der Waals surface area contributed by atoms with Gasteiger partial charge in [0, 0.05) is 12.6 Å². The quantitative estimate of drug-likeness (QED) is 0.581. The molecule has 2 aromatic rings. The number of fused-ring (bicyclic) bond motifs is 1. The van der Waals surface area contributed by atoms with Crippen molar-refractivity contribution >= 4 is 23.2 Å². The van der Waals surface area contributed by atoms with Gasteiger partial charge in [0.1, 0.15) is 5.82 Å². The fourth-order valence-electron chi connectivity index (χ4n) is 4.05. The van der Waals surface area contributed by atoms with Gasteiger partial charge in [0.05, 0.1) is 16.3 Å². The monoisotopic (exact) mass is 431 g/mol. The molecule has 0 saturated carbocycles. The van der Waals surface area contributed by atoms with Crippen LogP contribution in [0.1, 0.15) is 54.2 Å². The molecule has 0 aliphatic carbocycles. The highest BCUT2D eigenvalue weighted by atomic mass is 35.5. The highest BCUT2D eigenvalue weighted by Crippen LogP contribution is 2.31. The maximum Gasteiger partial charge on any atom is 0.254 e. The number of carbonyl (C=O) groups is 1. The molecular weight excluding hydrogens is 401 g/mol. The van der Waals surface area contributed by atoms with E-state index in [2.05, 4.69) is 35.9 Å². The van der Waals surface area contributed by atoms with Gasteiger partial charge in [0.2, 0.25) is 0 Å². The maximum absolute atomic E-state index is 14.6. The van der Waals surface area contributed by atoms with Crippen LogP contribution in [0.25, 0.3) is 0 Å². The molecule has 0 fully saturated rings. The fraction of sp³-hybridized carbons (Fsp3) is 0.458. The van der Waals surface area contributed by atoms with Gasteiger partial charge in [-0.3, -0.25) is 4.79 Å². The molecule has 2 aromatic carbocycles. The van der Waals surface area contributed by atoms with E-state index >= 15 is 0 Å². The Bertz CT molecular complexity index is 900. The number of hydrogen-bond acceptors (Lipinski definition) is 3. The number of nitrogens with one attached hydrogen (secondary N) is 3. The van der Waals surface area contributed by atoms with Crippen molar-refractivity contribution in [1.82, 2.24) is 10.6 Å². The normalized spacial score (nSPS) is 14.7. The zero-order valence-electron chi connectivity index (χ0n) is 17.9. The number of benzene rings is 2. The van der Waals surface area contributed by atoms with E-state index < -0.39 is 5.82 Å². The number of rotatable bonds is 7. The highest BCUT2D eigenvalue weighted by molar-refractivity contribution is 6.33. The molecule has 1 aliphatic heterocycles. The van der Waals surface area contributed by atoms with Gasteiger partial charge < -0.3 is 16.0 Å². The third-order valence-corrected chi connectivity index (χ3v) is 5.75. The SMILES string of the molecule is CC(C)C[C@@H](C)NC(=O)c1ccc(CNc2c(Cl)ccc3c2CCNCC3)cc1F. The summed E-state index contributed by atoms with van der Waals surface area (Å²) >= 11 is 6.45. The minimum absolute atomic E-state index is 0.00298. The van der Waals surface area contributed by atoms with E-state index in [0.29, 0.717) is 17.5 Å². The zero-order valence-corrected chi connectivity index (χ0v) is 18.7. The Kier molecular flexibility index (Phi) is 7.73. The molecular formula is C24H31ClFN3O. The number of carbonyl (C=O) groups excluding carboxylic acids is 1. The molecule has 6 heteroatoms. The molecule has 0 saturated heterocycles. The predicted octanol–water partition coefficient (Wildman–Crippen LogP) is 4.94. The number of hydrogen-bond donors (Lipinski definition) is 3. The second-order valence-corrected chi connectivity index (χ2v) is 8.89. The van der Waals surface area contributed by atoms with Crippen molar-refractivity contribution in [3.05, 3.63) is 63.4 Å². The molecule has 1 atom stereocenters. The molecule has 4 nitrogen and oxygen atoms in total. The van der Waals surface area contributed by atoms with Crippen molar-refractivity contribution < 1.29 is 9.18 Å². The summed E-state index contributed by atoms with van der Waals surface area (Å²) in [7, 11) is 0. The van der Waals surface area contributed by atoms with E-state index in [9.17, 15) is 9.18 Å². The minimum Gasteiger partial charge on any atom is -0.380 e. The lowest BCUT2D eigenvalue weighted by atomic mass is 10.0. The molecule has 0 radical (unpaired) electrons. The van der Waals surface area contributed by atoms with Crippen LogP contribution in [0, 0.1) is 11.7 Å². The molecule has 0 aromatic heterocycles. The first kappa shape index (κ1) is 22.6. The summed E-state index contributed by atoms with van der Waals surface area (Å²) in [6.45, 7) is 8.44. The fourth-order valence-corrected chi connectivity index (χ4v) is 4.29. The Labute approximate surface area is 183 Å². The van der Waals surface area contributed by atoms with Crippen LogP contribution >= 0.6 is 11.6 Å². The first-order chi connectivity index (χ1) is 14.3. The van der Waals surface area contributed by atoms with Crippen LogP contribution in [0.2, 0.25) is 5.02 Å². The van der Waals surface area contributed by atoms with Gasteiger partial charge in [0.25, 0.3) is 5.91 Å². The topological polar surface area (TPSA) is 53.2 Å². The third kappa shape index (κ3) is 5.73. The number of amides is 1. The zero-order chi connectivity index (χ0) is 21.7. The van der Waals surface area contributed by atoms with E-state index in [1.54, 1.807) is 12.1 Å². The van der Waals surface area contributed by atoms with Gasteiger partial charge in [0.15, 0.2) is 0 Å². The van der Waals surface area contributed by atoms with E-state index in [0.717, 1.165) is 43.6 Å². The summed E-state index contributed by atoms with van der Waals surface area (Å²) in [5, 5.41) is 10.3. The lowest BCUT2D eigenvalue weighted by Gasteiger charge is -2.17. The maximum atomic E-state index is 14.6. The van der Waals surface area contributed by atoms with E-state index in [4.69, 9.17) is 11.6 Å². The Hall–Kier alpha value is -2.11. The molecule has 1 heterocycles. The van der Waals surface area contributed by atoms with Crippen molar-refractivity contribution in [3.63, 3.8) is 0 Å². The lowest BCUT2D eigenvalue weighted by Crippen LogP contribution is -2.34. The smallest absolute Gasteiger partial charge is 0.254 e. The molecule has 30 heavy (non-hydrogen) atoms. The summed E-state index contributed by atoms with van der Waals surface area (Å²) in [6, 6.07) is 8.77. The van der Waals surface area contributed by atoms with Gasteiger partial charge >= 0.3 is 0 Å². The Morgan fingerprint density at radius 3 is 2.67 bits per heavy atom. The van der Waals surface area contributed by atoms with Crippen molar-refractivity contribution in [3.8, 4) is 0 Å². The van der Waals surface area contributed by atoms with Crippen LogP contribution in [0.3, 0.4) is 0 Å². The van der Waals surface area contributed by atoms with E-state index in [1.165, 1.54) is 17.2 Å². The molecule has 0 bridgehead atoms. The van der Waals surface area contributed by atoms with Crippen LogP contribution in [0.4, 0.5) is 10.1 Å². The van der Waals surface area contributed by atoms with Gasteiger partial charge in [-0.1, -0.05) is 37.6 Å². The molecule has 1 amide bonds. The number of halogens is 2. The van der Waals surface area contributed by atoms with Crippen LogP contribution < -0.4 is 16.0 Å². The van der Waals surface area contributed by atoms with Gasteiger partial charge in [-0.25, -0.2) is 4.39 Å². The van der Waals surface area contributed by atoms with Crippen molar-refractivity contribution in [2.75, 3.05) is 18.4 Å². The van der Waals surface area contributed by atoms with Crippen molar-refractivity contribution in [2.45, 2.75) is 52.6 Å². The Morgan fingerprint density at radius 1 is 1.17 bits per heavy atom. The van der Waals surface area contributed by atoms with Crippen LogP contribution in [0.5, 0.6) is 0 Å². The predicted molar refractivity (Wildman–Crippen MR) is 122 cm³/mol. The van der Waals surface area contributed by atoms with Gasteiger partial charge in [-0.2, -0.15) is 0 Å². The number of anilines is 1. The lowest BCUT2D eigenvalue weighted by molar-refractivity contribution is 0.0932.